The molecule has 0 unspecified atom stereocenters. The minimum Gasteiger partial charge on any atom is -0.360 e. The molecular formula is C17H20F4N4S. The van der Waals surface area contributed by atoms with Crippen molar-refractivity contribution < 1.29 is 17.6 Å². The normalized spacial score (nSPS) is 16.8. The lowest BCUT2D eigenvalue weighted by atomic mass is 9.97. The van der Waals surface area contributed by atoms with Crippen LogP contribution in [-0.4, -0.2) is 47.5 Å². The molecule has 0 atom stereocenters. The predicted octanol–water partition coefficient (Wildman–Crippen LogP) is 3.95. The largest absolute Gasteiger partial charge is 0.401 e. The minimum atomic E-state index is -4.13. The Labute approximate surface area is 153 Å². The Morgan fingerprint density at radius 3 is 2.58 bits per heavy atom. The number of hydrogen-bond donors (Lipinski definition) is 1. The number of halogens is 4. The number of aromatic nitrogens is 2. The van der Waals surface area contributed by atoms with Crippen molar-refractivity contribution in [1.82, 2.24) is 15.1 Å². The lowest BCUT2D eigenvalue weighted by molar-refractivity contribution is -0.148. The molecule has 4 nitrogen and oxygen atoms in total. The molecule has 1 aliphatic heterocycles. The second-order valence-electron chi connectivity index (χ2n) is 6.48. The van der Waals surface area contributed by atoms with Crippen molar-refractivity contribution >= 4 is 16.5 Å². The van der Waals surface area contributed by atoms with Crippen LogP contribution in [0.25, 0.3) is 0 Å². The third kappa shape index (κ3) is 5.63. The molecule has 0 saturated carbocycles. The molecule has 142 valence electrons. The number of anilines is 1. The van der Waals surface area contributed by atoms with Crippen LogP contribution in [0, 0.1) is 11.7 Å². The summed E-state index contributed by atoms with van der Waals surface area (Å²) in [6.07, 6.45) is -2.29. The summed E-state index contributed by atoms with van der Waals surface area (Å²) in [5.74, 6) is 0.0567. The monoisotopic (exact) mass is 388 g/mol. The molecule has 2 aromatic rings. The van der Waals surface area contributed by atoms with Crippen LogP contribution in [0.15, 0.2) is 24.3 Å². The van der Waals surface area contributed by atoms with E-state index < -0.39 is 12.7 Å². The number of nitrogens with zero attached hydrogens (tertiary/aromatic N) is 3. The molecule has 1 N–H and O–H groups in total. The second-order valence-corrected chi connectivity index (χ2v) is 7.55. The smallest absolute Gasteiger partial charge is 0.360 e. The van der Waals surface area contributed by atoms with Gasteiger partial charge >= 0.3 is 6.18 Å². The van der Waals surface area contributed by atoms with Gasteiger partial charge in [-0.05, 0) is 43.5 Å². The van der Waals surface area contributed by atoms with E-state index in [1.807, 2.05) is 0 Å². The van der Waals surface area contributed by atoms with Crippen molar-refractivity contribution in [1.29, 1.82) is 0 Å². The van der Waals surface area contributed by atoms with Gasteiger partial charge in [-0.1, -0.05) is 29.5 Å². The molecular weight excluding hydrogens is 368 g/mol. The van der Waals surface area contributed by atoms with Crippen molar-refractivity contribution in [3.05, 3.63) is 40.7 Å². The van der Waals surface area contributed by atoms with Gasteiger partial charge in [0.2, 0.25) is 5.13 Å². The van der Waals surface area contributed by atoms with Crippen LogP contribution in [0.4, 0.5) is 22.7 Å². The lowest BCUT2D eigenvalue weighted by Gasteiger charge is -2.32. The van der Waals surface area contributed by atoms with Gasteiger partial charge in [0.25, 0.3) is 0 Å². The zero-order valence-electron chi connectivity index (χ0n) is 14.1. The number of alkyl halides is 3. The van der Waals surface area contributed by atoms with E-state index in [0.29, 0.717) is 42.7 Å². The number of benzene rings is 1. The predicted molar refractivity (Wildman–Crippen MR) is 92.8 cm³/mol. The maximum Gasteiger partial charge on any atom is 0.401 e. The Balaban J connectivity index is 1.44. The fourth-order valence-corrected chi connectivity index (χ4v) is 3.80. The molecule has 1 aromatic heterocycles. The minimum absolute atomic E-state index is 0.261. The van der Waals surface area contributed by atoms with Crippen LogP contribution in [0.5, 0.6) is 0 Å². The SMILES string of the molecule is Fc1ccccc1Cc1nnc(NCC2CCN(CC(F)(F)F)CC2)s1. The molecule has 26 heavy (non-hydrogen) atoms. The quantitative estimate of drug-likeness (QED) is 0.761. The van der Waals surface area contributed by atoms with Gasteiger partial charge in [-0.25, -0.2) is 4.39 Å². The third-order valence-electron chi connectivity index (χ3n) is 4.42. The van der Waals surface area contributed by atoms with Gasteiger partial charge in [0.1, 0.15) is 10.8 Å². The first-order valence-electron chi connectivity index (χ1n) is 8.48. The summed E-state index contributed by atoms with van der Waals surface area (Å²) >= 11 is 1.37. The summed E-state index contributed by atoms with van der Waals surface area (Å²) in [5, 5.41) is 12.7. The average Bonchev–Trinajstić information content (AvgIpc) is 3.03. The maximum atomic E-state index is 13.7. The third-order valence-corrected chi connectivity index (χ3v) is 5.30. The summed E-state index contributed by atoms with van der Waals surface area (Å²) in [6.45, 7) is 0.748. The van der Waals surface area contributed by atoms with E-state index in [1.165, 1.54) is 22.3 Å². The molecule has 0 aliphatic carbocycles. The Morgan fingerprint density at radius 1 is 1.15 bits per heavy atom. The Hall–Kier alpha value is -1.74. The first-order valence-corrected chi connectivity index (χ1v) is 9.29. The van der Waals surface area contributed by atoms with Crippen molar-refractivity contribution in [2.24, 2.45) is 5.92 Å². The molecule has 2 heterocycles. The molecule has 1 saturated heterocycles. The fraction of sp³-hybridized carbons (Fsp3) is 0.529. The van der Waals surface area contributed by atoms with E-state index in [2.05, 4.69) is 15.5 Å². The van der Waals surface area contributed by atoms with Gasteiger partial charge in [0.15, 0.2) is 0 Å². The van der Waals surface area contributed by atoms with Gasteiger partial charge in [-0.2, -0.15) is 13.2 Å². The molecule has 0 amide bonds. The molecule has 1 aromatic carbocycles. The van der Waals surface area contributed by atoms with Gasteiger partial charge in [0.05, 0.1) is 6.54 Å². The van der Waals surface area contributed by atoms with Gasteiger partial charge in [-0.3, -0.25) is 4.90 Å². The number of hydrogen-bond acceptors (Lipinski definition) is 5. The van der Waals surface area contributed by atoms with Crippen LogP contribution in [0.1, 0.15) is 23.4 Å². The van der Waals surface area contributed by atoms with Crippen molar-refractivity contribution in [3.8, 4) is 0 Å². The Morgan fingerprint density at radius 2 is 1.88 bits per heavy atom. The zero-order chi connectivity index (χ0) is 18.6. The maximum absolute atomic E-state index is 13.7. The highest BCUT2D eigenvalue weighted by Crippen LogP contribution is 2.24. The van der Waals surface area contributed by atoms with E-state index >= 15 is 0 Å². The average molecular weight is 388 g/mol. The summed E-state index contributed by atoms with van der Waals surface area (Å²) < 4.78 is 50.9. The van der Waals surface area contributed by atoms with E-state index in [9.17, 15) is 17.6 Å². The molecule has 9 heteroatoms. The van der Waals surface area contributed by atoms with Gasteiger partial charge < -0.3 is 5.32 Å². The van der Waals surface area contributed by atoms with Crippen LogP contribution < -0.4 is 5.32 Å². The first kappa shape index (κ1) is 19.0. The van der Waals surface area contributed by atoms with Gasteiger partial charge in [0, 0.05) is 13.0 Å². The highest BCUT2D eigenvalue weighted by molar-refractivity contribution is 7.15. The number of likely N-dealkylation sites (tertiary alicyclic amines) is 1. The molecule has 1 fully saturated rings. The fourth-order valence-electron chi connectivity index (χ4n) is 3.04. The van der Waals surface area contributed by atoms with Crippen molar-refractivity contribution in [2.45, 2.75) is 25.4 Å². The standard InChI is InChI=1S/C17H20F4N4S/c18-14-4-2-1-3-13(14)9-15-23-24-16(26-15)22-10-12-5-7-25(8-6-12)11-17(19,20)21/h1-4,12H,5-11H2,(H,22,24). The Bertz CT molecular complexity index is 711. The van der Waals surface area contributed by atoms with Crippen molar-refractivity contribution in [3.63, 3.8) is 0 Å². The number of rotatable bonds is 6. The van der Waals surface area contributed by atoms with Gasteiger partial charge in [-0.15, -0.1) is 10.2 Å². The summed E-state index contributed by atoms with van der Waals surface area (Å²) in [5.41, 5.74) is 0.576. The van der Waals surface area contributed by atoms with Crippen LogP contribution in [-0.2, 0) is 6.42 Å². The molecule has 0 spiro atoms. The van der Waals surface area contributed by atoms with E-state index in [1.54, 1.807) is 18.2 Å². The van der Waals surface area contributed by atoms with E-state index in [-0.39, 0.29) is 5.82 Å². The van der Waals surface area contributed by atoms with Crippen molar-refractivity contribution in [2.75, 3.05) is 31.5 Å². The zero-order valence-corrected chi connectivity index (χ0v) is 14.9. The summed E-state index contributed by atoms with van der Waals surface area (Å²) in [6, 6.07) is 6.56. The summed E-state index contributed by atoms with van der Waals surface area (Å²) in [7, 11) is 0. The van der Waals surface area contributed by atoms with Crippen LogP contribution in [0.2, 0.25) is 0 Å². The molecule has 1 aliphatic rings. The summed E-state index contributed by atoms with van der Waals surface area (Å²) in [4.78, 5) is 1.45. The number of piperidine rings is 1. The lowest BCUT2D eigenvalue weighted by Crippen LogP contribution is -2.41. The molecule has 0 bridgehead atoms. The first-order chi connectivity index (χ1) is 12.4. The highest BCUT2D eigenvalue weighted by Gasteiger charge is 2.32. The molecule has 3 rings (SSSR count). The van der Waals surface area contributed by atoms with Crippen LogP contribution >= 0.6 is 11.3 Å². The second kappa shape index (κ2) is 8.30. The topological polar surface area (TPSA) is 41.1 Å². The number of nitrogens with one attached hydrogen (secondary N) is 1. The van der Waals surface area contributed by atoms with E-state index in [4.69, 9.17) is 0 Å². The van der Waals surface area contributed by atoms with E-state index in [0.717, 1.165) is 17.8 Å². The Kier molecular flexibility index (Phi) is 6.08. The highest BCUT2D eigenvalue weighted by atomic mass is 32.1. The van der Waals surface area contributed by atoms with Crippen LogP contribution in [0.3, 0.4) is 0 Å². The molecule has 0 radical (unpaired) electrons.